The van der Waals surface area contributed by atoms with Gasteiger partial charge in [-0.25, -0.2) is 10.0 Å². The van der Waals surface area contributed by atoms with Gasteiger partial charge in [-0.05, 0) is 135 Å². The zero-order valence-electron chi connectivity index (χ0n) is 39.5. The average molecular weight is 1030 g/mol. The number of amides is 2. The molecule has 2 aromatic heterocycles. The van der Waals surface area contributed by atoms with Crippen molar-refractivity contribution >= 4 is 45.1 Å². The molecule has 2 fully saturated rings. The highest BCUT2D eigenvalue weighted by Crippen LogP contribution is 2.42. The van der Waals surface area contributed by atoms with Crippen molar-refractivity contribution in [1.29, 1.82) is 0 Å². The van der Waals surface area contributed by atoms with Crippen LogP contribution in [0.25, 0.3) is 33.9 Å². The van der Waals surface area contributed by atoms with Crippen molar-refractivity contribution < 1.29 is 40.5 Å². The standard InChI is InChI=1S/C50H50Cl2N6O3.C3H5F3O3S/c1-33-45-43(25-31-55(49(45)59)53-27-9-3-10-28-53)57(41-15-7-5-13-39(41)51)47(33)35-17-21-37(22-18-35)61-38-23-19-36(20-24-38)48-34(2)46-44(58(48)42-16-8-6-14-40(42)52)26-32-56(50(46)60)54-29-11-4-12-30-54;4-3(5,6)1-2-10(7,8)9/h5-8,13-24H,3-4,9-12,25-32H2,1-2H3;1-2H2,(H,7,8,9). The maximum absolute atomic E-state index is 14.3. The van der Waals surface area contributed by atoms with Gasteiger partial charge in [-0.2, -0.15) is 21.6 Å². The third-order valence-electron chi connectivity index (χ3n) is 13.7. The molecular weight excluding hydrogens is 977 g/mol. The molecule has 0 radical (unpaired) electrons. The summed E-state index contributed by atoms with van der Waals surface area (Å²) in [5, 5.41) is 9.71. The van der Waals surface area contributed by atoms with Gasteiger partial charge in [0.25, 0.3) is 21.9 Å². The minimum absolute atomic E-state index is 0.0663. The van der Waals surface area contributed by atoms with Crippen molar-refractivity contribution in [3.05, 3.63) is 141 Å². The Balaban J connectivity index is 0.000000565. The first kappa shape index (κ1) is 50.3. The Labute approximate surface area is 421 Å². The molecule has 2 saturated heterocycles. The molecule has 0 spiro atoms. The number of hydrazine groups is 2. The zero-order valence-corrected chi connectivity index (χ0v) is 41.8. The molecule has 0 unspecified atom stereocenters. The largest absolute Gasteiger partial charge is 0.457 e. The first-order valence-electron chi connectivity index (χ1n) is 24.0. The molecule has 0 atom stereocenters. The monoisotopic (exact) mass is 1030 g/mol. The number of alkyl halides is 3. The lowest BCUT2D eigenvalue weighted by Crippen LogP contribution is -2.51. The first-order valence-corrected chi connectivity index (χ1v) is 26.4. The topological polar surface area (TPSA) is 121 Å². The lowest BCUT2D eigenvalue weighted by atomic mass is 10.0. The summed E-state index contributed by atoms with van der Waals surface area (Å²) in [4.78, 5) is 28.6. The third kappa shape index (κ3) is 10.6. The molecule has 0 aliphatic carbocycles. The van der Waals surface area contributed by atoms with Gasteiger partial charge in [0.05, 0.1) is 56.1 Å². The Hall–Kier alpha value is -5.62. The third-order valence-corrected chi connectivity index (χ3v) is 15.1. The van der Waals surface area contributed by atoms with E-state index in [-0.39, 0.29) is 11.8 Å². The lowest BCUT2D eigenvalue weighted by Gasteiger charge is -2.39. The number of ether oxygens (including phenoxy) is 1. The van der Waals surface area contributed by atoms with Gasteiger partial charge in [0.1, 0.15) is 11.5 Å². The number of nitrogens with zero attached hydrogens (tertiary/aromatic N) is 6. The van der Waals surface area contributed by atoms with E-state index in [2.05, 4.69) is 57.3 Å². The SMILES string of the molecule is Cc1c2c(n(-c3ccccc3Cl)c1-c1ccc(Oc3ccc(-c4c(C)c5c(n4-c4ccccc4Cl)CCN(N4CCCCC4)C5=O)cc3)cc1)CCN(N1CCCCC1)C2=O.O=S(=O)(O)CCC(F)(F)F. The van der Waals surface area contributed by atoms with Gasteiger partial charge in [0.2, 0.25) is 0 Å². The average Bonchev–Trinajstić information content (AvgIpc) is 3.82. The minimum atomic E-state index is -4.53. The highest BCUT2D eigenvalue weighted by atomic mass is 35.5. The number of hydrogen-bond acceptors (Lipinski definition) is 7. The fourth-order valence-electron chi connectivity index (χ4n) is 10.4. The van der Waals surface area contributed by atoms with E-state index in [1.165, 1.54) is 12.8 Å². The number of hydrogen-bond donors (Lipinski definition) is 1. The maximum Gasteiger partial charge on any atom is 0.390 e. The predicted molar refractivity (Wildman–Crippen MR) is 269 cm³/mol. The van der Waals surface area contributed by atoms with E-state index >= 15 is 0 Å². The number of halogens is 5. The molecule has 2 amide bonds. The van der Waals surface area contributed by atoms with Gasteiger partial charge >= 0.3 is 6.18 Å². The summed E-state index contributed by atoms with van der Waals surface area (Å²) in [7, 11) is -4.48. The summed E-state index contributed by atoms with van der Waals surface area (Å²) >= 11 is 13.8. The van der Waals surface area contributed by atoms with Crippen LogP contribution in [0, 0.1) is 13.8 Å². The molecule has 12 nitrogen and oxygen atoms in total. The van der Waals surface area contributed by atoms with Crippen molar-refractivity contribution in [1.82, 2.24) is 29.2 Å². The van der Waals surface area contributed by atoms with Gasteiger partial charge in [-0.3, -0.25) is 24.2 Å². The van der Waals surface area contributed by atoms with Gasteiger partial charge < -0.3 is 13.9 Å². The quantitative estimate of drug-likeness (QED) is 0.135. The maximum atomic E-state index is 14.3. The molecule has 18 heteroatoms. The molecule has 0 saturated carbocycles. The van der Waals surface area contributed by atoms with Gasteiger partial charge in [-0.15, -0.1) is 0 Å². The minimum Gasteiger partial charge on any atom is -0.457 e. The van der Waals surface area contributed by atoms with Gasteiger partial charge in [0, 0.05) is 63.5 Å². The summed E-state index contributed by atoms with van der Waals surface area (Å²) in [6.07, 6.45) is 2.29. The van der Waals surface area contributed by atoms with E-state index in [1.807, 2.05) is 82.8 Å². The van der Waals surface area contributed by atoms with E-state index < -0.39 is 28.5 Å². The number of aromatic nitrogens is 2. The van der Waals surface area contributed by atoms with E-state index in [0.29, 0.717) is 34.6 Å². The number of piperidine rings is 2. The summed E-state index contributed by atoms with van der Waals surface area (Å²) in [6, 6.07) is 31.9. The molecule has 0 bridgehead atoms. The van der Waals surface area contributed by atoms with Gasteiger partial charge in [-0.1, -0.05) is 60.3 Å². The molecule has 1 N–H and O–H groups in total. The second kappa shape index (κ2) is 20.8. The van der Waals surface area contributed by atoms with E-state index in [4.69, 9.17) is 32.5 Å². The Morgan fingerprint density at radius 1 is 0.577 bits per heavy atom. The summed E-state index contributed by atoms with van der Waals surface area (Å²) in [6.45, 7) is 9.08. The predicted octanol–water partition coefficient (Wildman–Crippen LogP) is 11.9. The fraction of sp³-hybridized carbons (Fsp3) is 0.358. The number of para-hydroxylation sites is 2. The second-order valence-electron chi connectivity index (χ2n) is 18.4. The van der Waals surface area contributed by atoms with Crippen LogP contribution in [0.15, 0.2) is 97.1 Å². The summed E-state index contributed by atoms with van der Waals surface area (Å²) in [5.41, 5.74) is 11.0. The highest BCUT2D eigenvalue weighted by molar-refractivity contribution is 7.85. The van der Waals surface area contributed by atoms with Crippen LogP contribution in [-0.4, -0.2) is 105 Å². The number of carbonyl (C=O) groups is 2. The lowest BCUT2D eigenvalue weighted by molar-refractivity contribution is -0.130. The van der Waals surface area contributed by atoms with Crippen molar-refractivity contribution in [2.75, 3.05) is 45.0 Å². The van der Waals surface area contributed by atoms with Crippen molar-refractivity contribution in [2.45, 2.75) is 77.8 Å². The number of rotatable bonds is 10. The first-order chi connectivity index (χ1) is 34.0. The molecule has 6 heterocycles. The zero-order chi connectivity index (χ0) is 50.2. The molecule has 6 aromatic rings. The molecule has 10 rings (SSSR count). The van der Waals surface area contributed by atoms with Crippen LogP contribution in [0.3, 0.4) is 0 Å². The van der Waals surface area contributed by atoms with Crippen LogP contribution in [0.4, 0.5) is 13.2 Å². The van der Waals surface area contributed by atoms with Crippen LogP contribution in [0.2, 0.25) is 10.0 Å². The van der Waals surface area contributed by atoms with E-state index in [0.717, 1.165) is 132 Å². The van der Waals surface area contributed by atoms with Crippen LogP contribution in [-0.2, 0) is 23.0 Å². The number of benzene rings is 4. The Morgan fingerprint density at radius 2 is 0.958 bits per heavy atom. The van der Waals surface area contributed by atoms with Crippen LogP contribution < -0.4 is 4.74 Å². The van der Waals surface area contributed by atoms with Crippen LogP contribution in [0.1, 0.15) is 88.2 Å². The normalized spacial score (nSPS) is 16.9. The molecule has 71 heavy (non-hydrogen) atoms. The number of carbonyl (C=O) groups excluding carboxylic acids is 2. The molecule has 4 aromatic carbocycles. The van der Waals surface area contributed by atoms with Crippen molar-refractivity contribution in [3.8, 4) is 45.4 Å². The highest BCUT2D eigenvalue weighted by Gasteiger charge is 2.38. The summed E-state index contributed by atoms with van der Waals surface area (Å²) in [5.74, 6) is 0.248. The number of fused-ring (bicyclic) bond motifs is 2. The van der Waals surface area contributed by atoms with Crippen molar-refractivity contribution in [3.63, 3.8) is 0 Å². The Bertz CT molecular complexity index is 2870. The van der Waals surface area contributed by atoms with Crippen LogP contribution >= 0.6 is 23.2 Å². The molecule has 374 valence electrons. The second-order valence-corrected chi connectivity index (χ2v) is 20.7. The molecular formula is C53H55Cl2F3N6O6S. The molecule has 4 aliphatic rings. The van der Waals surface area contributed by atoms with E-state index in [9.17, 15) is 31.2 Å². The van der Waals surface area contributed by atoms with Crippen molar-refractivity contribution in [2.24, 2.45) is 0 Å². The Morgan fingerprint density at radius 3 is 1.30 bits per heavy atom. The van der Waals surface area contributed by atoms with Crippen LogP contribution in [0.5, 0.6) is 11.5 Å². The summed E-state index contributed by atoms with van der Waals surface area (Å²) < 4.78 is 71.8. The smallest absolute Gasteiger partial charge is 0.390 e. The molecule has 4 aliphatic heterocycles. The van der Waals surface area contributed by atoms with E-state index in [1.54, 1.807) is 0 Å². The fourth-order valence-corrected chi connectivity index (χ4v) is 11.4. The van der Waals surface area contributed by atoms with Gasteiger partial charge in [0.15, 0.2) is 0 Å². The Kier molecular flexibility index (Phi) is 14.8.